The lowest BCUT2D eigenvalue weighted by molar-refractivity contribution is -0.143. The molecule has 1 fully saturated rings. The smallest absolute Gasteiger partial charge is 0.308 e. The van der Waals surface area contributed by atoms with Gasteiger partial charge in [0.15, 0.2) is 0 Å². The normalized spacial score (nSPS) is 15.5. The van der Waals surface area contributed by atoms with Crippen LogP contribution in [0.5, 0.6) is 0 Å². The summed E-state index contributed by atoms with van der Waals surface area (Å²) in [6.45, 7) is 12.2. The van der Waals surface area contributed by atoms with Crippen LogP contribution in [0.4, 0.5) is 0 Å². The maximum Gasteiger partial charge on any atom is 0.308 e. The molecule has 1 rings (SSSR count). The van der Waals surface area contributed by atoms with E-state index in [1.165, 1.54) is 0 Å². The van der Waals surface area contributed by atoms with Gasteiger partial charge in [-0.15, -0.1) is 0 Å². The lowest BCUT2D eigenvalue weighted by Gasteiger charge is -2.26. The molecule has 1 saturated heterocycles. The fourth-order valence-corrected chi connectivity index (χ4v) is 2.05. The van der Waals surface area contributed by atoms with Crippen molar-refractivity contribution in [3.8, 4) is 0 Å². The van der Waals surface area contributed by atoms with Crippen LogP contribution in [-0.4, -0.2) is 89.8 Å². The first kappa shape index (κ1) is 20.1. The minimum Gasteiger partial charge on any atom is -0.461 e. The quantitative estimate of drug-likeness (QED) is 0.274. The molecular weight excluding hydrogens is 300 g/mol. The highest BCUT2D eigenvalue weighted by molar-refractivity contribution is 5.69. The molecule has 0 bridgehead atoms. The van der Waals surface area contributed by atoms with Gasteiger partial charge in [0.05, 0.1) is 46.1 Å². The van der Waals surface area contributed by atoms with E-state index in [1.54, 1.807) is 6.08 Å². The van der Waals surface area contributed by atoms with Crippen LogP contribution in [0.3, 0.4) is 0 Å². The van der Waals surface area contributed by atoms with E-state index >= 15 is 0 Å². The average Bonchev–Trinajstić information content (AvgIpc) is 2.58. The Morgan fingerprint density at radius 3 is 2.26 bits per heavy atom. The van der Waals surface area contributed by atoms with Crippen molar-refractivity contribution in [1.82, 2.24) is 10.2 Å². The van der Waals surface area contributed by atoms with Gasteiger partial charge >= 0.3 is 5.97 Å². The first-order valence-electron chi connectivity index (χ1n) is 8.25. The average molecular weight is 330 g/mol. The Labute approximate surface area is 138 Å². The van der Waals surface area contributed by atoms with Gasteiger partial charge in [0.2, 0.25) is 0 Å². The van der Waals surface area contributed by atoms with E-state index in [0.29, 0.717) is 33.0 Å². The predicted octanol–water partition coefficient (Wildman–Crippen LogP) is 0.0607. The van der Waals surface area contributed by atoms with Gasteiger partial charge in [-0.25, -0.2) is 0 Å². The summed E-state index contributed by atoms with van der Waals surface area (Å²) in [5, 5.41) is 3.33. The molecule has 1 heterocycles. The Morgan fingerprint density at radius 2 is 1.61 bits per heavy atom. The summed E-state index contributed by atoms with van der Waals surface area (Å²) < 4.78 is 21.0. The van der Waals surface area contributed by atoms with Crippen molar-refractivity contribution in [2.75, 3.05) is 79.0 Å². The van der Waals surface area contributed by atoms with Crippen LogP contribution >= 0.6 is 0 Å². The van der Waals surface area contributed by atoms with Crippen LogP contribution in [0.1, 0.15) is 6.42 Å². The van der Waals surface area contributed by atoms with E-state index in [9.17, 15) is 4.79 Å². The number of carbonyl (C=O) groups is 1. The first-order valence-corrected chi connectivity index (χ1v) is 8.25. The zero-order valence-corrected chi connectivity index (χ0v) is 14.0. The lowest BCUT2D eigenvalue weighted by Crippen LogP contribution is -2.44. The molecule has 0 amide bonds. The van der Waals surface area contributed by atoms with Gasteiger partial charge in [-0.2, -0.15) is 0 Å². The molecule has 0 aromatic carbocycles. The maximum absolute atomic E-state index is 11.1. The van der Waals surface area contributed by atoms with Crippen LogP contribution in [0.25, 0.3) is 0 Å². The molecule has 23 heavy (non-hydrogen) atoms. The van der Waals surface area contributed by atoms with Gasteiger partial charge < -0.3 is 24.3 Å². The highest BCUT2D eigenvalue weighted by Crippen LogP contribution is 1.92. The second-order valence-corrected chi connectivity index (χ2v) is 5.15. The van der Waals surface area contributed by atoms with Crippen LogP contribution in [0, 0.1) is 0 Å². The third kappa shape index (κ3) is 12.1. The molecule has 0 aliphatic carbocycles. The van der Waals surface area contributed by atoms with Gasteiger partial charge in [0.1, 0.15) is 6.61 Å². The van der Waals surface area contributed by atoms with Gasteiger partial charge in [-0.1, -0.05) is 12.7 Å². The minimum absolute atomic E-state index is 0.247. The summed E-state index contributed by atoms with van der Waals surface area (Å²) in [5.41, 5.74) is 0. The molecule has 0 aromatic heterocycles. The fraction of sp³-hybridized carbons (Fsp3) is 0.812. The molecule has 1 aliphatic heterocycles. The molecule has 0 aromatic rings. The van der Waals surface area contributed by atoms with Crippen molar-refractivity contribution in [2.45, 2.75) is 6.42 Å². The van der Waals surface area contributed by atoms with Crippen LogP contribution < -0.4 is 5.32 Å². The number of piperazine rings is 1. The number of nitrogens with zero attached hydrogens (tertiary/aromatic N) is 1. The largest absolute Gasteiger partial charge is 0.461 e. The molecule has 1 aliphatic rings. The number of carbonyl (C=O) groups excluding carboxylic acids is 1. The molecule has 7 heteroatoms. The molecule has 0 unspecified atom stereocenters. The minimum atomic E-state index is -0.274. The Bertz CT molecular complexity index is 309. The zero-order chi connectivity index (χ0) is 16.6. The number of rotatable bonds is 14. The van der Waals surface area contributed by atoms with Gasteiger partial charge in [-0.3, -0.25) is 9.69 Å². The topological polar surface area (TPSA) is 69.3 Å². The zero-order valence-electron chi connectivity index (χ0n) is 14.0. The summed E-state index contributed by atoms with van der Waals surface area (Å²) in [5.74, 6) is -0.274. The Hall–Kier alpha value is -0.990. The number of ether oxygens (including phenoxy) is 4. The third-order valence-electron chi connectivity index (χ3n) is 3.32. The molecule has 0 spiro atoms. The van der Waals surface area contributed by atoms with E-state index in [0.717, 1.165) is 39.3 Å². The van der Waals surface area contributed by atoms with Crippen LogP contribution in [0.15, 0.2) is 12.7 Å². The molecule has 1 N–H and O–H groups in total. The third-order valence-corrected chi connectivity index (χ3v) is 3.32. The van der Waals surface area contributed by atoms with Crippen LogP contribution in [-0.2, 0) is 23.7 Å². The van der Waals surface area contributed by atoms with Crippen molar-refractivity contribution < 1.29 is 23.7 Å². The highest BCUT2D eigenvalue weighted by Gasteiger charge is 2.08. The molecule has 0 atom stereocenters. The Morgan fingerprint density at radius 1 is 1.00 bits per heavy atom. The Balaban J connectivity index is 1.74. The number of nitrogens with one attached hydrogen (secondary N) is 1. The van der Waals surface area contributed by atoms with Crippen LogP contribution in [0.2, 0.25) is 0 Å². The molecule has 7 nitrogen and oxygen atoms in total. The second kappa shape index (κ2) is 14.6. The molecule has 0 saturated carbocycles. The molecule has 0 radical (unpaired) electrons. The lowest BCUT2D eigenvalue weighted by atomic mass is 10.4. The summed E-state index contributed by atoms with van der Waals surface area (Å²) in [4.78, 5) is 13.5. The van der Waals surface area contributed by atoms with E-state index in [1.807, 2.05) is 0 Å². The van der Waals surface area contributed by atoms with Crippen molar-refractivity contribution >= 4 is 5.97 Å². The maximum atomic E-state index is 11.1. The van der Waals surface area contributed by atoms with E-state index in [4.69, 9.17) is 18.9 Å². The summed E-state index contributed by atoms with van der Waals surface area (Å²) in [6, 6.07) is 0. The van der Waals surface area contributed by atoms with Crippen molar-refractivity contribution in [3.63, 3.8) is 0 Å². The molecule has 134 valence electrons. The van der Waals surface area contributed by atoms with E-state index in [2.05, 4.69) is 16.8 Å². The summed E-state index contributed by atoms with van der Waals surface area (Å²) >= 11 is 0. The Kier molecular flexibility index (Phi) is 12.7. The standard InChI is InChI=1S/C16H30N2O5/c1-2-9-23-16(19)3-10-20-12-14-22-15-13-21-11-8-18-6-4-17-5-7-18/h2,17H,1,3-15H2. The highest BCUT2D eigenvalue weighted by atomic mass is 16.5. The number of esters is 1. The second-order valence-electron chi connectivity index (χ2n) is 5.15. The van der Waals surface area contributed by atoms with Gasteiger partial charge in [0.25, 0.3) is 0 Å². The van der Waals surface area contributed by atoms with Gasteiger partial charge in [0, 0.05) is 32.7 Å². The van der Waals surface area contributed by atoms with Crippen molar-refractivity contribution in [2.24, 2.45) is 0 Å². The van der Waals surface area contributed by atoms with Crippen molar-refractivity contribution in [1.29, 1.82) is 0 Å². The van der Waals surface area contributed by atoms with Gasteiger partial charge in [-0.05, 0) is 0 Å². The summed E-state index contributed by atoms with van der Waals surface area (Å²) in [7, 11) is 0. The number of hydrogen-bond acceptors (Lipinski definition) is 7. The SMILES string of the molecule is C=CCOC(=O)CCOCCOCCOCCN1CCNCC1. The summed E-state index contributed by atoms with van der Waals surface area (Å²) in [6.07, 6.45) is 1.79. The molecular formula is C16H30N2O5. The first-order chi connectivity index (χ1) is 11.3. The predicted molar refractivity (Wildman–Crippen MR) is 87.5 cm³/mol. The van der Waals surface area contributed by atoms with Crippen molar-refractivity contribution in [3.05, 3.63) is 12.7 Å². The van der Waals surface area contributed by atoms with E-state index in [-0.39, 0.29) is 19.0 Å². The fourth-order valence-electron chi connectivity index (χ4n) is 2.05. The number of hydrogen-bond donors (Lipinski definition) is 1. The monoisotopic (exact) mass is 330 g/mol. The van der Waals surface area contributed by atoms with E-state index < -0.39 is 0 Å².